The Labute approximate surface area is 157 Å². The lowest BCUT2D eigenvalue weighted by atomic mass is 10.0. The van der Waals surface area contributed by atoms with Crippen molar-refractivity contribution < 1.29 is 14.3 Å². The number of carbonyl (C=O) groups excluding carboxylic acids is 2. The summed E-state index contributed by atoms with van der Waals surface area (Å²) in [5.41, 5.74) is 2.25. The van der Waals surface area contributed by atoms with Gasteiger partial charge in [-0.3, -0.25) is 9.59 Å². The number of carbonyl (C=O) groups is 2. The maximum atomic E-state index is 12.6. The van der Waals surface area contributed by atoms with Gasteiger partial charge < -0.3 is 14.5 Å². The second-order valence-corrected chi connectivity index (χ2v) is 7.17. The fourth-order valence-corrected chi connectivity index (χ4v) is 2.48. The Hall–Kier alpha value is -2.14. The van der Waals surface area contributed by atoms with Crippen LogP contribution in [0, 0.1) is 5.92 Å². The number of nitrogens with zero attached hydrogens (tertiary/aromatic N) is 2. The van der Waals surface area contributed by atoms with E-state index in [0.29, 0.717) is 19.0 Å². The van der Waals surface area contributed by atoms with Crippen molar-refractivity contribution in [2.75, 3.05) is 40.8 Å². The summed E-state index contributed by atoms with van der Waals surface area (Å²) >= 11 is 0. The van der Waals surface area contributed by atoms with Gasteiger partial charge in [0, 0.05) is 25.7 Å². The minimum Gasteiger partial charge on any atom is -0.469 e. The van der Waals surface area contributed by atoms with E-state index in [1.807, 2.05) is 37.2 Å². The zero-order valence-electron chi connectivity index (χ0n) is 16.9. The van der Waals surface area contributed by atoms with Gasteiger partial charge in [-0.25, -0.2) is 0 Å². The number of benzene rings is 1. The van der Waals surface area contributed by atoms with Gasteiger partial charge >= 0.3 is 5.97 Å². The highest BCUT2D eigenvalue weighted by atomic mass is 16.5. The lowest BCUT2D eigenvalue weighted by Gasteiger charge is -2.25. The molecule has 1 amide bonds. The van der Waals surface area contributed by atoms with Crippen molar-refractivity contribution in [1.82, 2.24) is 9.80 Å². The molecule has 144 valence electrons. The predicted octanol–water partition coefficient (Wildman–Crippen LogP) is 3.02. The molecule has 1 unspecified atom stereocenters. The van der Waals surface area contributed by atoms with Crippen LogP contribution in [0.1, 0.15) is 37.8 Å². The summed E-state index contributed by atoms with van der Waals surface area (Å²) in [6, 6.07) is 8.19. The predicted molar refractivity (Wildman–Crippen MR) is 106 cm³/mol. The molecule has 0 aliphatic rings. The van der Waals surface area contributed by atoms with Crippen LogP contribution >= 0.6 is 0 Å². The maximum absolute atomic E-state index is 12.6. The summed E-state index contributed by atoms with van der Waals surface area (Å²) in [5.74, 6) is -0.280. The lowest BCUT2D eigenvalue weighted by molar-refractivity contribution is -0.146. The van der Waals surface area contributed by atoms with E-state index in [-0.39, 0.29) is 17.8 Å². The van der Waals surface area contributed by atoms with E-state index >= 15 is 0 Å². The Morgan fingerprint density at radius 2 is 1.69 bits per heavy atom. The molecular formula is C21H32N2O3. The van der Waals surface area contributed by atoms with Gasteiger partial charge in [0.15, 0.2) is 0 Å². The molecule has 0 bridgehead atoms. The largest absolute Gasteiger partial charge is 0.469 e. The quantitative estimate of drug-likeness (QED) is 0.502. The molecule has 1 rings (SSSR count). The molecule has 0 radical (unpaired) electrons. The lowest BCUT2D eigenvalue weighted by Crippen LogP contribution is -2.40. The van der Waals surface area contributed by atoms with Crippen LogP contribution in [0.4, 0.5) is 0 Å². The Kier molecular flexibility index (Phi) is 9.07. The van der Waals surface area contributed by atoms with Gasteiger partial charge in [0.2, 0.25) is 5.91 Å². The van der Waals surface area contributed by atoms with Crippen molar-refractivity contribution in [3.8, 4) is 0 Å². The van der Waals surface area contributed by atoms with Crippen molar-refractivity contribution in [2.24, 2.45) is 5.92 Å². The molecule has 0 aliphatic carbocycles. The summed E-state index contributed by atoms with van der Waals surface area (Å²) in [4.78, 5) is 28.0. The number of amides is 1. The molecule has 0 aliphatic heterocycles. The van der Waals surface area contributed by atoms with Crippen molar-refractivity contribution in [3.05, 3.63) is 41.5 Å². The molecule has 5 nitrogen and oxygen atoms in total. The normalized spacial score (nSPS) is 12.6. The van der Waals surface area contributed by atoms with Crippen LogP contribution in [0.15, 0.2) is 30.3 Å². The highest BCUT2D eigenvalue weighted by Gasteiger charge is 2.20. The fourth-order valence-electron chi connectivity index (χ4n) is 2.48. The molecule has 5 heteroatoms. The Morgan fingerprint density at radius 3 is 2.19 bits per heavy atom. The van der Waals surface area contributed by atoms with Crippen molar-refractivity contribution in [1.29, 1.82) is 0 Å². The van der Waals surface area contributed by atoms with Gasteiger partial charge in [0.05, 0.1) is 13.0 Å². The van der Waals surface area contributed by atoms with E-state index in [1.165, 1.54) is 12.7 Å². The van der Waals surface area contributed by atoms with Crippen molar-refractivity contribution >= 4 is 18.0 Å². The molecular weight excluding hydrogens is 328 g/mol. The minimum absolute atomic E-state index is 0.101. The molecule has 0 spiro atoms. The van der Waals surface area contributed by atoms with Gasteiger partial charge in [-0.2, -0.15) is 0 Å². The van der Waals surface area contributed by atoms with Gasteiger partial charge in [0.1, 0.15) is 0 Å². The standard InChI is InChI=1S/C21H32N2O3/c1-16(2)19-10-7-18(8-11-19)9-12-20(24)23(14-13-22(4)5)15-17(3)21(25)26-6/h7-12,16-17H,13-15H2,1-6H3/b12-9+. The maximum Gasteiger partial charge on any atom is 0.310 e. The van der Waals surface area contributed by atoms with E-state index < -0.39 is 0 Å². The fraction of sp³-hybridized carbons (Fsp3) is 0.524. The first-order chi connectivity index (χ1) is 12.2. The van der Waals surface area contributed by atoms with Gasteiger partial charge in [0.25, 0.3) is 0 Å². The second-order valence-electron chi connectivity index (χ2n) is 7.17. The molecule has 1 aromatic rings. The third kappa shape index (κ3) is 7.40. The molecule has 0 heterocycles. The summed E-state index contributed by atoms with van der Waals surface area (Å²) in [7, 11) is 5.28. The SMILES string of the molecule is COC(=O)C(C)CN(CCN(C)C)C(=O)/C=C/c1ccc(C(C)C)cc1. The van der Waals surface area contributed by atoms with Crippen molar-refractivity contribution in [3.63, 3.8) is 0 Å². The first kappa shape index (κ1) is 21.9. The molecule has 0 saturated heterocycles. The summed E-state index contributed by atoms with van der Waals surface area (Å²) in [6.07, 6.45) is 3.39. The van der Waals surface area contributed by atoms with Gasteiger partial charge in [-0.1, -0.05) is 45.0 Å². The highest BCUT2D eigenvalue weighted by molar-refractivity contribution is 5.92. The number of hydrogen-bond donors (Lipinski definition) is 0. The molecule has 26 heavy (non-hydrogen) atoms. The molecule has 1 aromatic carbocycles. The van der Waals surface area contributed by atoms with E-state index in [9.17, 15) is 9.59 Å². The molecule has 0 aromatic heterocycles. The monoisotopic (exact) mass is 360 g/mol. The van der Waals surface area contributed by atoms with Gasteiger partial charge in [-0.05, 0) is 37.2 Å². The number of hydrogen-bond acceptors (Lipinski definition) is 4. The average Bonchev–Trinajstić information content (AvgIpc) is 2.62. The number of ether oxygens (including phenoxy) is 1. The van der Waals surface area contributed by atoms with E-state index in [0.717, 1.165) is 12.1 Å². The Balaban J connectivity index is 2.80. The first-order valence-electron chi connectivity index (χ1n) is 9.04. The zero-order valence-corrected chi connectivity index (χ0v) is 16.9. The Bertz CT molecular complexity index is 606. The smallest absolute Gasteiger partial charge is 0.310 e. The van der Waals surface area contributed by atoms with Crippen LogP contribution in [-0.2, 0) is 14.3 Å². The van der Waals surface area contributed by atoms with E-state index in [4.69, 9.17) is 4.74 Å². The minimum atomic E-state index is -0.357. The van der Waals surface area contributed by atoms with Crippen LogP contribution < -0.4 is 0 Å². The third-order valence-electron chi connectivity index (χ3n) is 4.25. The summed E-state index contributed by atoms with van der Waals surface area (Å²) in [6.45, 7) is 7.71. The van der Waals surface area contributed by atoms with Gasteiger partial charge in [-0.15, -0.1) is 0 Å². The Morgan fingerprint density at radius 1 is 1.08 bits per heavy atom. The summed E-state index contributed by atoms with van der Waals surface area (Å²) in [5, 5.41) is 0. The third-order valence-corrected chi connectivity index (χ3v) is 4.25. The number of esters is 1. The number of methoxy groups -OCH3 is 1. The average molecular weight is 360 g/mol. The number of likely N-dealkylation sites (N-methyl/N-ethyl adjacent to an activating group) is 1. The summed E-state index contributed by atoms with van der Waals surface area (Å²) < 4.78 is 4.77. The van der Waals surface area contributed by atoms with Crippen LogP contribution in [0.25, 0.3) is 6.08 Å². The van der Waals surface area contributed by atoms with Crippen LogP contribution in [-0.4, -0.2) is 62.5 Å². The molecule has 1 atom stereocenters. The molecule has 0 saturated carbocycles. The topological polar surface area (TPSA) is 49.9 Å². The van der Waals surface area contributed by atoms with E-state index in [2.05, 4.69) is 26.0 Å². The molecule has 0 fully saturated rings. The van der Waals surface area contributed by atoms with E-state index in [1.54, 1.807) is 17.9 Å². The van der Waals surface area contributed by atoms with Crippen LogP contribution in [0.5, 0.6) is 0 Å². The van der Waals surface area contributed by atoms with Crippen molar-refractivity contribution in [2.45, 2.75) is 26.7 Å². The zero-order chi connectivity index (χ0) is 19.7. The number of rotatable bonds is 9. The molecule has 0 N–H and O–H groups in total. The highest BCUT2D eigenvalue weighted by Crippen LogP contribution is 2.15. The second kappa shape index (κ2) is 10.8. The first-order valence-corrected chi connectivity index (χ1v) is 9.04. The van der Waals surface area contributed by atoms with Crippen LogP contribution in [0.3, 0.4) is 0 Å². The van der Waals surface area contributed by atoms with Crippen LogP contribution in [0.2, 0.25) is 0 Å².